The molecule has 0 radical (unpaired) electrons. The van der Waals surface area contributed by atoms with Gasteiger partial charge in [-0.15, -0.1) is 0 Å². The summed E-state index contributed by atoms with van der Waals surface area (Å²) < 4.78 is 0. The largest absolute Gasteiger partial charge is 0.326 e. The molecule has 1 amide bonds. The molecule has 18 heavy (non-hydrogen) atoms. The molecule has 0 bridgehead atoms. The minimum Gasteiger partial charge on any atom is -0.326 e. The molecule has 0 unspecified atom stereocenters. The van der Waals surface area contributed by atoms with E-state index in [0.717, 1.165) is 5.56 Å². The molecule has 1 aromatic carbocycles. The number of anilines is 1. The number of aromatic amines is 1. The third-order valence-corrected chi connectivity index (χ3v) is 2.37. The van der Waals surface area contributed by atoms with Crippen LogP contribution in [-0.4, -0.2) is 16.1 Å². The van der Waals surface area contributed by atoms with E-state index in [1.165, 1.54) is 12.1 Å². The first-order valence-corrected chi connectivity index (χ1v) is 5.35. The lowest BCUT2D eigenvalue weighted by Crippen LogP contribution is -2.15. The predicted molar refractivity (Wildman–Crippen MR) is 67.1 cm³/mol. The zero-order valence-corrected chi connectivity index (χ0v) is 9.51. The average molecular weight is 244 g/mol. The summed E-state index contributed by atoms with van der Waals surface area (Å²) in [6, 6.07) is 9.67. The molecule has 0 saturated heterocycles. The Morgan fingerprint density at radius 3 is 2.50 bits per heavy atom. The molecule has 0 atom stereocenters. The van der Waals surface area contributed by atoms with Crippen molar-refractivity contribution in [2.24, 2.45) is 5.73 Å². The van der Waals surface area contributed by atoms with E-state index < -0.39 is 0 Å². The van der Waals surface area contributed by atoms with Crippen LogP contribution in [0.1, 0.15) is 15.9 Å². The van der Waals surface area contributed by atoms with Crippen molar-refractivity contribution in [1.29, 1.82) is 0 Å². The van der Waals surface area contributed by atoms with Gasteiger partial charge in [-0.1, -0.05) is 12.1 Å². The number of benzene rings is 1. The van der Waals surface area contributed by atoms with Crippen molar-refractivity contribution in [2.75, 3.05) is 5.32 Å². The standard InChI is InChI=1S/C12H12N4O2/c13-7-8-1-3-9(4-2-8)12(18)14-10-5-6-11(17)16-15-10/h1-6H,7,13H2,(H,16,17)(H,14,15,18). The normalized spacial score (nSPS) is 10.1. The Bertz CT molecular complexity index is 584. The molecule has 0 aliphatic carbocycles. The highest BCUT2D eigenvalue weighted by Crippen LogP contribution is 2.06. The van der Waals surface area contributed by atoms with E-state index in [0.29, 0.717) is 17.9 Å². The van der Waals surface area contributed by atoms with Crippen LogP contribution in [0.15, 0.2) is 41.2 Å². The number of aromatic nitrogens is 2. The molecular weight excluding hydrogens is 232 g/mol. The van der Waals surface area contributed by atoms with E-state index in [4.69, 9.17) is 5.73 Å². The van der Waals surface area contributed by atoms with Gasteiger partial charge in [-0.25, -0.2) is 5.10 Å². The number of hydrogen-bond acceptors (Lipinski definition) is 4. The lowest BCUT2D eigenvalue weighted by atomic mass is 10.1. The molecular formula is C12H12N4O2. The van der Waals surface area contributed by atoms with E-state index >= 15 is 0 Å². The third-order valence-electron chi connectivity index (χ3n) is 2.37. The fourth-order valence-electron chi connectivity index (χ4n) is 1.39. The van der Waals surface area contributed by atoms with E-state index in [2.05, 4.69) is 15.5 Å². The molecule has 2 aromatic rings. The molecule has 6 heteroatoms. The van der Waals surface area contributed by atoms with Gasteiger partial charge in [0.1, 0.15) is 0 Å². The number of carbonyl (C=O) groups excluding carboxylic acids is 1. The molecule has 0 saturated carbocycles. The fraction of sp³-hybridized carbons (Fsp3) is 0.0833. The number of nitrogens with one attached hydrogen (secondary N) is 2. The van der Waals surface area contributed by atoms with Crippen molar-refractivity contribution >= 4 is 11.7 Å². The fourth-order valence-corrected chi connectivity index (χ4v) is 1.39. The number of nitrogens with two attached hydrogens (primary N) is 1. The lowest BCUT2D eigenvalue weighted by molar-refractivity contribution is 0.102. The van der Waals surface area contributed by atoms with Gasteiger partial charge in [0.15, 0.2) is 5.82 Å². The van der Waals surface area contributed by atoms with Gasteiger partial charge in [0.25, 0.3) is 11.5 Å². The van der Waals surface area contributed by atoms with Crippen LogP contribution in [0.25, 0.3) is 0 Å². The van der Waals surface area contributed by atoms with E-state index in [1.54, 1.807) is 24.3 Å². The van der Waals surface area contributed by atoms with Gasteiger partial charge in [0.2, 0.25) is 0 Å². The van der Waals surface area contributed by atoms with Gasteiger partial charge in [-0.05, 0) is 23.8 Å². The Balaban J connectivity index is 2.11. The van der Waals surface area contributed by atoms with Gasteiger partial charge >= 0.3 is 0 Å². The lowest BCUT2D eigenvalue weighted by Gasteiger charge is -2.04. The second-order valence-electron chi connectivity index (χ2n) is 3.66. The topological polar surface area (TPSA) is 101 Å². The van der Waals surface area contributed by atoms with Crippen molar-refractivity contribution in [3.63, 3.8) is 0 Å². The first kappa shape index (κ1) is 12.0. The molecule has 92 valence electrons. The van der Waals surface area contributed by atoms with Crippen molar-refractivity contribution in [3.8, 4) is 0 Å². The summed E-state index contributed by atoms with van der Waals surface area (Å²) in [4.78, 5) is 22.6. The summed E-state index contributed by atoms with van der Waals surface area (Å²) in [6.07, 6.45) is 0. The van der Waals surface area contributed by atoms with E-state index in [9.17, 15) is 9.59 Å². The molecule has 2 rings (SSSR count). The Morgan fingerprint density at radius 1 is 1.22 bits per heavy atom. The summed E-state index contributed by atoms with van der Waals surface area (Å²) in [5, 5.41) is 8.50. The Hall–Kier alpha value is -2.47. The predicted octanol–water partition coefficient (Wildman–Crippen LogP) is 0.481. The van der Waals surface area contributed by atoms with Crippen LogP contribution < -0.4 is 16.6 Å². The van der Waals surface area contributed by atoms with Gasteiger partial charge in [0.05, 0.1) is 0 Å². The van der Waals surface area contributed by atoms with Gasteiger partial charge in [-0.2, -0.15) is 5.10 Å². The first-order valence-electron chi connectivity index (χ1n) is 5.35. The number of carbonyl (C=O) groups is 1. The molecule has 4 N–H and O–H groups in total. The van der Waals surface area contributed by atoms with Crippen LogP contribution >= 0.6 is 0 Å². The Kier molecular flexibility index (Phi) is 3.49. The maximum absolute atomic E-state index is 11.8. The van der Waals surface area contributed by atoms with Crippen LogP contribution in [0.2, 0.25) is 0 Å². The molecule has 0 spiro atoms. The van der Waals surface area contributed by atoms with Crippen molar-refractivity contribution in [1.82, 2.24) is 10.2 Å². The number of amides is 1. The zero-order valence-electron chi connectivity index (χ0n) is 9.51. The number of rotatable bonds is 3. The second-order valence-corrected chi connectivity index (χ2v) is 3.66. The Labute approximate surface area is 103 Å². The van der Waals surface area contributed by atoms with Crippen LogP contribution in [0, 0.1) is 0 Å². The van der Waals surface area contributed by atoms with Gasteiger partial charge in [0, 0.05) is 18.2 Å². The number of hydrogen-bond donors (Lipinski definition) is 3. The molecule has 1 heterocycles. The van der Waals surface area contributed by atoms with Crippen LogP contribution in [0.4, 0.5) is 5.82 Å². The smallest absolute Gasteiger partial charge is 0.264 e. The Morgan fingerprint density at radius 2 is 1.94 bits per heavy atom. The molecule has 6 nitrogen and oxygen atoms in total. The summed E-state index contributed by atoms with van der Waals surface area (Å²) in [6.45, 7) is 0.434. The van der Waals surface area contributed by atoms with Crippen LogP contribution in [0.5, 0.6) is 0 Å². The highest BCUT2D eigenvalue weighted by molar-refractivity contribution is 6.03. The minimum atomic E-state index is -0.319. The number of H-pyrrole nitrogens is 1. The number of nitrogens with zero attached hydrogens (tertiary/aromatic N) is 1. The third kappa shape index (κ3) is 2.80. The minimum absolute atomic E-state index is 0.293. The van der Waals surface area contributed by atoms with Gasteiger partial charge in [-0.3, -0.25) is 9.59 Å². The molecule has 0 fully saturated rings. The van der Waals surface area contributed by atoms with E-state index in [-0.39, 0.29) is 11.5 Å². The average Bonchev–Trinajstić information content (AvgIpc) is 2.41. The van der Waals surface area contributed by atoms with Crippen LogP contribution in [0.3, 0.4) is 0 Å². The first-order chi connectivity index (χ1) is 8.69. The quantitative estimate of drug-likeness (QED) is 0.731. The summed E-state index contributed by atoms with van der Waals surface area (Å²) in [7, 11) is 0. The summed E-state index contributed by atoms with van der Waals surface area (Å²) >= 11 is 0. The van der Waals surface area contributed by atoms with Gasteiger partial charge < -0.3 is 11.1 Å². The van der Waals surface area contributed by atoms with Crippen molar-refractivity contribution in [2.45, 2.75) is 6.54 Å². The molecule has 0 aliphatic heterocycles. The summed E-state index contributed by atoms with van der Waals surface area (Å²) in [5.41, 5.74) is 6.60. The monoisotopic (exact) mass is 244 g/mol. The van der Waals surface area contributed by atoms with Crippen molar-refractivity contribution in [3.05, 3.63) is 57.9 Å². The second kappa shape index (κ2) is 5.24. The zero-order chi connectivity index (χ0) is 13.0. The SMILES string of the molecule is NCc1ccc(C(=O)Nc2ccc(=O)[nH]n2)cc1. The molecule has 1 aromatic heterocycles. The van der Waals surface area contributed by atoms with Crippen molar-refractivity contribution < 1.29 is 4.79 Å². The van der Waals surface area contributed by atoms with E-state index in [1.807, 2.05) is 0 Å². The molecule has 0 aliphatic rings. The maximum atomic E-state index is 11.8. The summed E-state index contributed by atoms with van der Waals surface area (Å²) in [5.74, 6) is 0.000576. The van der Waals surface area contributed by atoms with Crippen LogP contribution in [-0.2, 0) is 6.54 Å². The maximum Gasteiger partial charge on any atom is 0.264 e. The highest BCUT2D eigenvalue weighted by atomic mass is 16.2. The highest BCUT2D eigenvalue weighted by Gasteiger charge is 2.06.